The van der Waals surface area contributed by atoms with Crippen molar-refractivity contribution in [2.24, 2.45) is 0 Å². The normalized spacial score (nSPS) is 9.69. The second-order valence-corrected chi connectivity index (χ2v) is 2.22. The summed E-state index contributed by atoms with van der Waals surface area (Å²) in [4.78, 5) is 19.3. The number of aromatic nitrogens is 1. The van der Waals surface area contributed by atoms with E-state index in [1.54, 1.807) is 6.92 Å². The van der Waals surface area contributed by atoms with E-state index in [0.29, 0.717) is 6.61 Å². The van der Waals surface area contributed by atoms with Crippen LogP contribution in [0.15, 0.2) is 18.5 Å². The van der Waals surface area contributed by atoms with Gasteiger partial charge in [-0.05, 0) is 13.0 Å². The summed E-state index contributed by atoms with van der Waals surface area (Å²) in [6.07, 6.45) is 2.31. The van der Waals surface area contributed by atoms with Crippen LogP contribution >= 0.6 is 0 Å². The van der Waals surface area contributed by atoms with Crippen LogP contribution in [0.5, 0.6) is 0 Å². The number of halogens is 1. The molecule has 0 aliphatic heterocycles. The monoisotopic (exact) mass is 184 g/mol. The average molecular weight is 184 g/mol. The van der Waals surface area contributed by atoms with Gasteiger partial charge in [-0.25, -0.2) is 9.87 Å². The van der Waals surface area contributed by atoms with E-state index in [-0.39, 0.29) is 5.56 Å². The van der Waals surface area contributed by atoms with E-state index in [1.165, 1.54) is 12.3 Å². The fraction of sp³-hybridized carbons (Fsp3) is 0.250. The minimum Gasteiger partial charge on any atom is -0.274 e. The molecule has 1 aromatic rings. The predicted octanol–water partition coefficient (Wildman–Crippen LogP) is 0.902. The summed E-state index contributed by atoms with van der Waals surface area (Å²) in [6.45, 7) is 2.04. The molecule has 0 aliphatic rings. The molecule has 70 valence electrons. The van der Waals surface area contributed by atoms with E-state index in [0.717, 1.165) is 6.20 Å². The highest BCUT2D eigenvalue weighted by molar-refractivity contribution is 5.93. The second-order valence-electron chi connectivity index (χ2n) is 2.22. The second kappa shape index (κ2) is 4.51. The number of hydroxylamine groups is 1. The van der Waals surface area contributed by atoms with Crippen molar-refractivity contribution in [2.75, 3.05) is 6.61 Å². The smallest absolute Gasteiger partial charge is 0.274 e. The molecule has 0 radical (unpaired) electrons. The van der Waals surface area contributed by atoms with Gasteiger partial charge < -0.3 is 0 Å². The van der Waals surface area contributed by atoms with Gasteiger partial charge in [-0.3, -0.25) is 14.6 Å². The van der Waals surface area contributed by atoms with Gasteiger partial charge in [0.05, 0.1) is 18.4 Å². The van der Waals surface area contributed by atoms with E-state index >= 15 is 0 Å². The first-order valence-electron chi connectivity index (χ1n) is 3.77. The van der Waals surface area contributed by atoms with Gasteiger partial charge in [0.25, 0.3) is 5.91 Å². The maximum Gasteiger partial charge on any atom is 0.277 e. The molecule has 0 aliphatic carbocycles. The van der Waals surface area contributed by atoms with Crippen molar-refractivity contribution < 1.29 is 14.0 Å². The standard InChI is InChI=1S/C8H9FN2O2/c1-2-13-11-8(12)6-3-4-10-5-7(6)9/h3-5H,2H2,1H3,(H,11,12). The Hall–Kier alpha value is -1.49. The van der Waals surface area contributed by atoms with E-state index in [1.807, 2.05) is 0 Å². The number of carbonyl (C=O) groups is 1. The summed E-state index contributed by atoms with van der Waals surface area (Å²) < 4.78 is 12.9. The molecule has 0 bridgehead atoms. The Kier molecular flexibility index (Phi) is 3.33. The Morgan fingerprint density at radius 2 is 2.54 bits per heavy atom. The highest BCUT2D eigenvalue weighted by Crippen LogP contribution is 2.03. The van der Waals surface area contributed by atoms with Crippen molar-refractivity contribution >= 4 is 5.91 Å². The van der Waals surface area contributed by atoms with Crippen LogP contribution in [-0.4, -0.2) is 17.5 Å². The van der Waals surface area contributed by atoms with Crippen LogP contribution in [0.3, 0.4) is 0 Å². The van der Waals surface area contributed by atoms with Gasteiger partial charge in [0.2, 0.25) is 0 Å². The number of rotatable bonds is 3. The summed E-state index contributed by atoms with van der Waals surface area (Å²) in [6, 6.07) is 1.28. The van der Waals surface area contributed by atoms with Gasteiger partial charge in [-0.1, -0.05) is 0 Å². The van der Waals surface area contributed by atoms with Gasteiger partial charge in [0.15, 0.2) is 5.82 Å². The Labute approximate surface area is 74.7 Å². The van der Waals surface area contributed by atoms with Gasteiger partial charge in [0, 0.05) is 6.20 Å². The Bertz CT molecular complexity index is 304. The summed E-state index contributed by atoms with van der Waals surface area (Å²) in [7, 11) is 0. The van der Waals surface area contributed by atoms with Crippen LogP contribution in [0.25, 0.3) is 0 Å². The van der Waals surface area contributed by atoms with Crippen molar-refractivity contribution in [3.8, 4) is 0 Å². The van der Waals surface area contributed by atoms with Crippen molar-refractivity contribution in [3.05, 3.63) is 29.8 Å². The molecule has 13 heavy (non-hydrogen) atoms. The van der Waals surface area contributed by atoms with Gasteiger partial charge in [0.1, 0.15) is 0 Å². The first-order valence-corrected chi connectivity index (χ1v) is 3.77. The van der Waals surface area contributed by atoms with Crippen LogP contribution in [-0.2, 0) is 4.84 Å². The SMILES string of the molecule is CCONC(=O)c1ccncc1F. The largest absolute Gasteiger partial charge is 0.277 e. The van der Waals surface area contributed by atoms with Crippen LogP contribution in [0, 0.1) is 5.82 Å². The molecule has 1 aromatic heterocycles. The maximum absolute atomic E-state index is 12.9. The molecular formula is C8H9FN2O2. The molecule has 0 fully saturated rings. The first-order chi connectivity index (χ1) is 6.25. The quantitative estimate of drug-likeness (QED) is 0.710. The number of amides is 1. The van der Waals surface area contributed by atoms with E-state index in [2.05, 4.69) is 15.3 Å². The van der Waals surface area contributed by atoms with Crippen LogP contribution in [0.2, 0.25) is 0 Å². The van der Waals surface area contributed by atoms with E-state index < -0.39 is 11.7 Å². The molecule has 5 heteroatoms. The summed E-state index contributed by atoms with van der Waals surface area (Å²) in [5.41, 5.74) is 2.00. The third-order valence-corrected chi connectivity index (χ3v) is 1.33. The third-order valence-electron chi connectivity index (χ3n) is 1.33. The van der Waals surface area contributed by atoms with E-state index in [9.17, 15) is 9.18 Å². The zero-order valence-corrected chi connectivity index (χ0v) is 7.08. The molecule has 0 aromatic carbocycles. The van der Waals surface area contributed by atoms with Gasteiger partial charge in [-0.2, -0.15) is 0 Å². The highest BCUT2D eigenvalue weighted by atomic mass is 19.1. The van der Waals surface area contributed by atoms with Gasteiger partial charge in [-0.15, -0.1) is 0 Å². The average Bonchev–Trinajstić information content (AvgIpc) is 2.15. The number of pyridine rings is 1. The van der Waals surface area contributed by atoms with Crippen molar-refractivity contribution in [2.45, 2.75) is 6.92 Å². The Morgan fingerprint density at radius 1 is 1.77 bits per heavy atom. The lowest BCUT2D eigenvalue weighted by molar-refractivity contribution is 0.0361. The molecule has 1 rings (SSSR count). The number of nitrogens with one attached hydrogen (secondary N) is 1. The Morgan fingerprint density at radius 3 is 3.15 bits per heavy atom. The number of hydrogen-bond donors (Lipinski definition) is 1. The summed E-state index contributed by atoms with van der Waals surface area (Å²) in [5, 5.41) is 0. The molecule has 0 spiro atoms. The first kappa shape index (κ1) is 9.60. The highest BCUT2D eigenvalue weighted by Gasteiger charge is 2.10. The molecule has 0 saturated carbocycles. The zero-order chi connectivity index (χ0) is 9.68. The summed E-state index contributed by atoms with van der Waals surface area (Å²) in [5.74, 6) is -1.28. The molecule has 0 saturated heterocycles. The predicted molar refractivity (Wildman–Crippen MR) is 43.3 cm³/mol. The van der Waals surface area contributed by atoms with Gasteiger partial charge >= 0.3 is 0 Å². The molecule has 1 amide bonds. The topological polar surface area (TPSA) is 51.2 Å². The fourth-order valence-corrected chi connectivity index (χ4v) is 0.752. The van der Waals surface area contributed by atoms with Crippen molar-refractivity contribution in [3.63, 3.8) is 0 Å². The lowest BCUT2D eigenvalue weighted by atomic mass is 10.2. The number of hydrogen-bond acceptors (Lipinski definition) is 3. The molecule has 0 atom stereocenters. The van der Waals surface area contributed by atoms with Crippen molar-refractivity contribution in [1.29, 1.82) is 0 Å². The Balaban J connectivity index is 2.71. The molecule has 0 unspecified atom stereocenters. The summed E-state index contributed by atoms with van der Waals surface area (Å²) >= 11 is 0. The lowest BCUT2D eigenvalue weighted by Gasteiger charge is -2.03. The molecule has 4 nitrogen and oxygen atoms in total. The molecule has 1 N–H and O–H groups in total. The lowest BCUT2D eigenvalue weighted by Crippen LogP contribution is -2.24. The zero-order valence-electron chi connectivity index (χ0n) is 7.08. The van der Waals surface area contributed by atoms with Crippen molar-refractivity contribution in [1.82, 2.24) is 10.5 Å². The minimum absolute atomic E-state index is 0.0801. The molecular weight excluding hydrogens is 175 g/mol. The van der Waals surface area contributed by atoms with Crippen LogP contribution < -0.4 is 5.48 Å². The maximum atomic E-state index is 12.9. The number of carbonyl (C=O) groups excluding carboxylic acids is 1. The number of nitrogens with zero attached hydrogens (tertiary/aromatic N) is 1. The third kappa shape index (κ3) is 2.48. The van der Waals surface area contributed by atoms with E-state index in [4.69, 9.17) is 0 Å². The van der Waals surface area contributed by atoms with Crippen LogP contribution in [0.1, 0.15) is 17.3 Å². The molecule has 1 heterocycles. The fourth-order valence-electron chi connectivity index (χ4n) is 0.752. The minimum atomic E-state index is -0.667. The van der Waals surface area contributed by atoms with Crippen LogP contribution in [0.4, 0.5) is 4.39 Å².